The van der Waals surface area contributed by atoms with E-state index in [1.807, 2.05) is 6.20 Å². The number of hydrogen-bond donors (Lipinski definition) is 2. The Kier molecular flexibility index (Phi) is 3.78. The Morgan fingerprint density at radius 2 is 2.17 bits per heavy atom. The normalized spacial score (nSPS) is 25.7. The molecule has 4 rings (SSSR count). The summed E-state index contributed by atoms with van der Waals surface area (Å²) in [6.45, 7) is 0. The number of rotatable bonds is 4. The van der Waals surface area contributed by atoms with Crippen LogP contribution in [-0.2, 0) is 10.2 Å². The first-order valence-corrected chi connectivity index (χ1v) is 9.32. The second-order valence-electron chi connectivity index (χ2n) is 7.17. The number of imidazole rings is 1. The standard InChI is InChI=1S/C17H21BrN4O2/c18-14-13-15(19)20-6-7-22(13)16(21-14)17(4-2-1-3-5-17)11-8-10(11)9-12(23)24/h6-7,10-11H,1-5,8-9H2,(H2,19,20)(H,23,24). The molecule has 3 N–H and O–H groups in total. The number of nitrogens with zero attached hydrogens (tertiary/aromatic N) is 3. The summed E-state index contributed by atoms with van der Waals surface area (Å²) in [4.78, 5) is 20.1. The minimum Gasteiger partial charge on any atom is -0.481 e. The van der Waals surface area contributed by atoms with Crippen molar-refractivity contribution < 1.29 is 9.90 Å². The minimum absolute atomic E-state index is 0.0406. The molecule has 7 heteroatoms. The first kappa shape index (κ1) is 15.9. The fourth-order valence-corrected chi connectivity index (χ4v) is 5.25. The maximum atomic E-state index is 11.1. The molecule has 2 heterocycles. The predicted octanol–water partition coefficient (Wildman–Crippen LogP) is 3.39. The second-order valence-corrected chi connectivity index (χ2v) is 7.93. The van der Waals surface area contributed by atoms with Crippen molar-refractivity contribution in [2.24, 2.45) is 11.8 Å². The fraction of sp³-hybridized carbons (Fsp3) is 0.588. The molecule has 2 fully saturated rings. The molecule has 24 heavy (non-hydrogen) atoms. The Morgan fingerprint density at radius 1 is 1.42 bits per heavy atom. The SMILES string of the molecule is Nc1nccn2c(C3(C4CC4CC(=O)O)CCCCC3)nc(Br)c12. The Morgan fingerprint density at radius 3 is 2.88 bits per heavy atom. The molecule has 0 saturated heterocycles. The summed E-state index contributed by atoms with van der Waals surface area (Å²) in [5.41, 5.74) is 6.82. The lowest BCUT2D eigenvalue weighted by Crippen LogP contribution is -2.34. The van der Waals surface area contributed by atoms with Crippen LogP contribution < -0.4 is 5.73 Å². The lowest BCUT2D eigenvalue weighted by atomic mass is 9.69. The van der Waals surface area contributed by atoms with Gasteiger partial charge in [0.25, 0.3) is 0 Å². The zero-order valence-corrected chi connectivity index (χ0v) is 15.0. The zero-order chi connectivity index (χ0) is 16.9. The molecule has 2 atom stereocenters. The molecule has 0 radical (unpaired) electrons. The average Bonchev–Trinajstić information content (AvgIpc) is 3.23. The Balaban J connectivity index is 1.81. The zero-order valence-electron chi connectivity index (χ0n) is 13.4. The van der Waals surface area contributed by atoms with Crippen LogP contribution in [0.3, 0.4) is 0 Å². The Labute approximate surface area is 148 Å². The van der Waals surface area contributed by atoms with Gasteiger partial charge in [-0.25, -0.2) is 9.97 Å². The van der Waals surface area contributed by atoms with Gasteiger partial charge in [-0.05, 0) is 47.0 Å². The Bertz CT molecular complexity index is 797. The number of anilines is 1. The number of aromatic nitrogens is 3. The molecule has 0 aromatic carbocycles. The largest absolute Gasteiger partial charge is 0.481 e. The molecule has 0 aliphatic heterocycles. The smallest absolute Gasteiger partial charge is 0.303 e. The lowest BCUT2D eigenvalue weighted by Gasteiger charge is -2.37. The van der Waals surface area contributed by atoms with E-state index in [9.17, 15) is 4.79 Å². The number of carboxylic acid groups (broad SMARTS) is 1. The van der Waals surface area contributed by atoms with Crippen molar-refractivity contribution in [3.63, 3.8) is 0 Å². The van der Waals surface area contributed by atoms with E-state index in [0.29, 0.717) is 11.7 Å². The van der Waals surface area contributed by atoms with Gasteiger partial charge in [-0.2, -0.15) is 0 Å². The highest BCUT2D eigenvalue weighted by Crippen LogP contribution is 2.59. The highest BCUT2D eigenvalue weighted by molar-refractivity contribution is 9.10. The molecule has 2 saturated carbocycles. The number of aliphatic carboxylic acids is 1. The summed E-state index contributed by atoms with van der Waals surface area (Å²) in [5, 5.41) is 9.15. The highest BCUT2D eigenvalue weighted by atomic mass is 79.9. The van der Waals surface area contributed by atoms with Crippen molar-refractivity contribution >= 4 is 33.2 Å². The maximum absolute atomic E-state index is 11.1. The van der Waals surface area contributed by atoms with Crippen molar-refractivity contribution in [3.8, 4) is 0 Å². The van der Waals surface area contributed by atoms with Gasteiger partial charge in [0, 0.05) is 24.2 Å². The van der Waals surface area contributed by atoms with E-state index in [2.05, 4.69) is 25.3 Å². The monoisotopic (exact) mass is 392 g/mol. The van der Waals surface area contributed by atoms with Crippen LogP contribution in [0, 0.1) is 11.8 Å². The van der Waals surface area contributed by atoms with Gasteiger partial charge in [-0.15, -0.1) is 0 Å². The maximum Gasteiger partial charge on any atom is 0.303 e. The van der Waals surface area contributed by atoms with Gasteiger partial charge < -0.3 is 10.8 Å². The third-order valence-electron chi connectivity index (χ3n) is 5.80. The van der Waals surface area contributed by atoms with Crippen LogP contribution in [0.15, 0.2) is 17.0 Å². The molecule has 2 aromatic heterocycles. The third kappa shape index (κ3) is 2.41. The molecule has 2 aliphatic carbocycles. The molecule has 0 amide bonds. The molecule has 0 bridgehead atoms. The van der Waals surface area contributed by atoms with Crippen LogP contribution in [0.2, 0.25) is 0 Å². The lowest BCUT2D eigenvalue weighted by molar-refractivity contribution is -0.137. The van der Waals surface area contributed by atoms with E-state index in [-0.39, 0.29) is 17.8 Å². The average molecular weight is 393 g/mol. The van der Waals surface area contributed by atoms with Crippen LogP contribution in [-0.4, -0.2) is 25.4 Å². The van der Waals surface area contributed by atoms with Crippen LogP contribution in [0.25, 0.3) is 5.52 Å². The van der Waals surface area contributed by atoms with Crippen molar-refractivity contribution in [1.82, 2.24) is 14.4 Å². The number of nitrogens with two attached hydrogens (primary N) is 1. The number of fused-ring (bicyclic) bond motifs is 1. The van der Waals surface area contributed by atoms with Gasteiger partial charge >= 0.3 is 5.97 Å². The van der Waals surface area contributed by atoms with Crippen molar-refractivity contribution in [3.05, 3.63) is 22.8 Å². The molecule has 6 nitrogen and oxygen atoms in total. The van der Waals surface area contributed by atoms with Crippen molar-refractivity contribution in [1.29, 1.82) is 0 Å². The number of carboxylic acids is 1. The third-order valence-corrected chi connectivity index (χ3v) is 6.35. The number of halogens is 1. The quantitative estimate of drug-likeness (QED) is 0.831. The van der Waals surface area contributed by atoms with Gasteiger partial charge in [0.2, 0.25) is 0 Å². The van der Waals surface area contributed by atoms with E-state index < -0.39 is 5.97 Å². The van der Waals surface area contributed by atoms with E-state index >= 15 is 0 Å². The molecule has 2 aliphatic rings. The van der Waals surface area contributed by atoms with Gasteiger partial charge in [0.1, 0.15) is 15.9 Å². The van der Waals surface area contributed by atoms with Crippen LogP contribution >= 0.6 is 15.9 Å². The summed E-state index contributed by atoms with van der Waals surface area (Å²) in [7, 11) is 0. The number of hydrogen-bond acceptors (Lipinski definition) is 4. The van der Waals surface area contributed by atoms with Crippen LogP contribution in [0.4, 0.5) is 5.82 Å². The summed E-state index contributed by atoms with van der Waals surface area (Å²) >= 11 is 3.54. The molecule has 2 aromatic rings. The van der Waals surface area contributed by atoms with E-state index in [4.69, 9.17) is 15.8 Å². The van der Waals surface area contributed by atoms with Gasteiger partial charge in [-0.3, -0.25) is 9.20 Å². The van der Waals surface area contributed by atoms with Crippen LogP contribution in [0.1, 0.15) is 50.8 Å². The number of carbonyl (C=O) groups is 1. The first-order chi connectivity index (χ1) is 11.5. The summed E-state index contributed by atoms with van der Waals surface area (Å²) in [5.74, 6) is 1.46. The van der Waals surface area contributed by atoms with Crippen molar-refractivity contribution in [2.45, 2.75) is 50.4 Å². The molecule has 2 unspecified atom stereocenters. The minimum atomic E-state index is -0.698. The van der Waals surface area contributed by atoms with E-state index in [1.54, 1.807) is 6.20 Å². The molecular weight excluding hydrogens is 372 g/mol. The summed E-state index contributed by atoms with van der Waals surface area (Å²) in [6, 6.07) is 0. The molecular formula is C17H21BrN4O2. The predicted molar refractivity (Wildman–Crippen MR) is 93.7 cm³/mol. The topological polar surface area (TPSA) is 93.5 Å². The first-order valence-electron chi connectivity index (χ1n) is 8.53. The van der Waals surface area contributed by atoms with Crippen LogP contribution in [0.5, 0.6) is 0 Å². The number of nitrogen functional groups attached to an aromatic ring is 1. The van der Waals surface area contributed by atoms with E-state index in [1.165, 1.54) is 19.3 Å². The van der Waals surface area contributed by atoms with E-state index in [0.717, 1.165) is 35.2 Å². The summed E-state index contributed by atoms with van der Waals surface area (Å²) < 4.78 is 2.79. The highest BCUT2D eigenvalue weighted by Gasteiger charge is 2.55. The van der Waals surface area contributed by atoms with Gasteiger partial charge in [0.15, 0.2) is 5.82 Å². The second kappa shape index (κ2) is 5.72. The fourth-order valence-electron chi connectivity index (χ4n) is 4.69. The molecule has 128 valence electrons. The van der Waals surface area contributed by atoms with Crippen molar-refractivity contribution in [2.75, 3.05) is 5.73 Å². The van der Waals surface area contributed by atoms with Gasteiger partial charge in [-0.1, -0.05) is 19.3 Å². The molecule has 0 spiro atoms. The van der Waals surface area contributed by atoms with Gasteiger partial charge in [0.05, 0.1) is 0 Å². The summed E-state index contributed by atoms with van der Waals surface area (Å²) in [6.07, 6.45) is 10.6. The Hall–Kier alpha value is -1.63.